The summed E-state index contributed by atoms with van der Waals surface area (Å²) < 4.78 is 26.8. The van der Waals surface area contributed by atoms with Crippen LogP contribution in [0.25, 0.3) is 11.2 Å². The number of carbonyl (C=O) groups is 5. The molecule has 2 fully saturated rings. The fraction of sp³-hybridized carbons (Fsp3) is 0.161. The van der Waals surface area contributed by atoms with Crippen LogP contribution >= 0.6 is 6.64 Å². The van der Waals surface area contributed by atoms with Crippen LogP contribution in [0.2, 0.25) is 0 Å². The van der Waals surface area contributed by atoms with Gasteiger partial charge >= 0.3 is 11.9 Å². The number of hydrogen-bond acceptors (Lipinski definition) is 14. The highest BCUT2D eigenvalue weighted by Gasteiger charge is 2.53. The second kappa shape index (κ2) is 23.8. The van der Waals surface area contributed by atoms with E-state index >= 15 is 0 Å². The quantitative estimate of drug-likeness (QED) is 0.0377. The Labute approximate surface area is 471 Å². The van der Waals surface area contributed by atoms with Gasteiger partial charge < -0.3 is 23.6 Å². The van der Waals surface area contributed by atoms with Crippen molar-refractivity contribution in [1.82, 2.24) is 29.5 Å². The van der Waals surface area contributed by atoms with Gasteiger partial charge in [0.2, 0.25) is 5.91 Å². The molecular weight excluding hydrogens is 1070 g/mol. The minimum atomic E-state index is -4.30. The Kier molecular flexibility index (Phi) is 15.9. The van der Waals surface area contributed by atoms with Crippen LogP contribution in [0.4, 0.5) is 5.82 Å². The molecule has 6 atom stereocenters. The molecule has 0 spiro atoms. The Bertz CT molecular complexity index is 3600. The maximum Gasteiger partial charge on any atom is 0.338 e. The van der Waals surface area contributed by atoms with Crippen LogP contribution in [0.5, 0.6) is 0 Å². The molecule has 4 heterocycles. The molecule has 9 aromatic rings. The number of imidazole rings is 1. The third-order valence-electron chi connectivity index (χ3n) is 14.3. The van der Waals surface area contributed by atoms with E-state index in [0.717, 1.165) is 27.9 Å². The van der Waals surface area contributed by atoms with Gasteiger partial charge in [-0.3, -0.25) is 28.9 Å². The van der Waals surface area contributed by atoms with Gasteiger partial charge in [-0.15, -0.1) is 0 Å². The summed E-state index contributed by atoms with van der Waals surface area (Å²) in [6.45, 7) is -4.39. The molecule has 2 aliphatic rings. The maximum absolute atomic E-state index is 14.9. The van der Waals surface area contributed by atoms with Gasteiger partial charge in [-0.2, -0.15) is 0 Å². The number of esters is 2. The largest absolute Gasteiger partial charge is 0.452 e. The van der Waals surface area contributed by atoms with Crippen molar-refractivity contribution >= 4 is 65.1 Å². The van der Waals surface area contributed by atoms with E-state index in [1.807, 2.05) is 91.0 Å². The molecule has 0 radical (unpaired) electrons. The van der Waals surface area contributed by atoms with E-state index in [1.165, 1.54) is 10.9 Å². The zero-order valence-electron chi connectivity index (χ0n) is 43.2. The molecule has 7 aromatic carbocycles. The van der Waals surface area contributed by atoms with Crippen LogP contribution in [0, 0.1) is 0 Å². The Balaban J connectivity index is 0.941. The van der Waals surface area contributed by atoms with Crippen LogP contribution < -0.4 is 9.99 Å². The van der Waals surface area contributed by atoms with E-state index in [-0.39, 0.29) is 39.2 Å². The first kappa shape index (κ1) is 54.1. The lowest BCUT2D eigenvalue weighted by Gasteiger charge is -2.46. The zero-order valence-corrected chi connectivity index (χ0v) is 44.9. The molecule has 0 aliphatic carbocycles. The molecule has 17 nitrogen and oxygen atoms in total. The minimum Gasteiger partial charge on any atom is -0.452 e. The van der Waals surface area contributed by atoms with Gasteiger partial charge in [-0.1, -0.05) is 164 Å². The summed E-state index contributed by atoms with van der Waals surface area (Å²) in [7, 11) is 0. The molecule has 406 valence electrons. The van der Waals surface area contributed by atoms with Crippen LogP contribution in [-0.2, 0) is 40.9 Å². The van der Waals surface area contributed by atoms with Gasteiger partial charge in [0.25, 0.3) is 18.5 Å². The Hall–Kier alpha value is -8.87. The molecule has 81 heavy (non-hydrogen) atoms. The standard InChI is InChI=1S/C62H52N7O10PS/c70-56(49-37-22-38-68(49)62(46-31-16-5-17-32-46,47-33-18-6-19-34-47)48-35-20-7-21-36-48)66-80(75,81)76-39-50-52(78-60(73)44-27-12-3-13-28-44)53(79-61(74)45-29-14-4-15-30-45)59(77-50)67-41-65-51-54(67)63-40-64-55(51)69(57(71)42-23-8-1-9-24-42)58(72)43-25-10-2-11-26-43/h1-21,23-36,40-41,49-50,52-53,59H,22,37-39H2,(H2,66,70,75,81)/t49-,50+,52+,53+,59+,80?/m0/s1. The summed E-state index contributed by atoms with van der Waals surface area (Å²) in [5, 5.41) is 2.68. The predicted molar refractivity (Wildman–Crippen MR) is 304 cm³/mol. The fourth-order valence-corrected chi connectivity index (χ4v) is 11.9. The minimum absolute atomic E-state index is 0.0189. The van der Waals surface area contributed by atoms with Gasteiger partial charge in [-0.25, -0.2) is 29.4 Å². The molecule has 0 bridgehead atoms. The summed E-state index contributed by atoms with van der Waals surface area (Å²) >= 11 is 5.75. The number of benzene rings is 7. The highest BCUT2D eigenvalue weighted by molar-refractivity contribution is 8.08. The van der Waals surface area contributed by atoms with Crippen molar-refractivity contribution in [3.8, 4) is 0 Å². The van der Waals surface area contributed by atoms with E-state index in [1.54, 1.807) is 121 Å². The van der Waals surface area contributed by atoms with Crippen molar-refractivity contribution in [3.05, 3.63) is 264 Å². The monoisotopic (exact) mass is 1120 g/mol. The summed E-state index contributed by atoms with van der Waals surface area (Å²) in [6.07, 6.45) is -2.29. The third-order valence-corrected chi connectivity index (χ3v) is 15.9. The van der Waals surface area contributed by atoms with Gasteiger partial charge in [0.05, 0.1) is 35.6 Å². The number of carbonyl (C=O) groups excluding carboxylic acids is 5. The number of ether oxygens (including phenoxy) is 3. The van der Waals surface area contributed by atoms with Crippen LogP contribution in [0.1, 0.15) is 77.2 Å². The first-order valence-corrected chi connectivity index (χ1v) is 28.8. The van der Waals surface area contributed by atoms with Crippen LogP contribution in [0.3, 0.4) is 0 Å². The summed E-state index contributed by atoms with van der Waals surface area (Å²) in [4.78, 5) is 101. The topological polar surface area (TPSA) is 205 Å². The number of aromatic nitrogens is 4. The second-order valence-corrected chi connectivity index (χ2v) is 22.2. The lowest BCUT2D eigenvalue weighted by atomic mass is 9.75. The molecule has 19 heteroatoms. The number of hydrogen-bond donors (Lipinski definition) is 2. The first-order valence-electron chi connectivity index (χ1n) is 26.1. The van der Waals surface area contributed by atoms with Crippen molar-refractivity contribution in [2.45, 2.75) is 49.0 Å². The molecule has 2 aliphatic heterocycles. The van der Waals surface area contributed by atoms with Crippen LogP contribution in [0.15, 0.2) is 225 Å². The van der Waals surface area contributed by atoms with Gasteiger partial charge in [-0.05, 0) is 89.9 Å². The Morgan fingerprint density at radius 1 is 0.617 bits per heavy atom. The first-order chi connectivity index (χ1) is 39.5. The van der Waals surface area contributed by atoms with E-state index in [2.05, 4.69) is 24.9 Å². The summed E-state index contributed by atoms with van der Waals surface area (Å²) in [6, 6.07) is 61.7. The number of nitrogens with zero attached hydrogens (tertiary/aromatic N) is 6. The summed E-state index contributed by atoms with van der Waals surface area (Å²) in [5.74, 6) is -3.78. The molecule has 3 amide bonds. The zero-order chi connectivity index (χ0) is 55.9. The van der Waals surface area contributed by atoms with E-state index in [9.17, 15) is 28.9 Å². The van der Waals surface area contributed by atoms with Crippen LogP contribution in [-0.4, -0.2) is 96.5 Å². The van der Waals surface area contributed by atoms with Crippen molar-refractivity contribution < 1.29 is 47.6 Å². The SMILES string of the molecule is O=C(O[C@@H]1[C@H](OC(=O)c2ccccc2)[C@@H](COP(O)(=S)NC(=O)[C@@H]2CCCN2C(c2ccccc2)(c2ccccc2)c2ccccc2)O[C@H]1n1cnc2c(N(C(=O)c3ccccc3)C(=O)c3ccccc3)ncnc21)c1ccccc1. The number of rotatable bonds is 17. The normalized spacial score (nSPS) is 18.8. The maximum atomic E-state index is 14.9. The lowest BCUT2D eigenvalue weighted by molar-refractivity contribution is -0.125. The molecular formula is C62H52N7O10PS. The van der Waals surface area contributed by atoms with E-state index in [4.69, 9.17) is 30.5 Å². The summed E-state index contributed by atoms with van der Waals surface area (Å²) in [5.41, 5.74) is 2.52. The number of imide groups is 1. The Morgan fingerprint density at radius 3 is 1.54 bits per heavy atom. The van der Waals surface area contributed by atoms with E-state index < -0.39 is 79.0 Å². The van der Waals surface area contributed by atoms with Crippen molar-refractivity contribution in [2.75, 3.05) is 18.1 Å². The molecule has 0 saturated carbocycles. The smallest absolute Gasteiger partial charge is 0.338 e. The fourth-order valence-electron chi connectivity index (χ4n) is 10.7. The molecule has 2 saturated heterocycles. The number of anilines is 1. The van der Waals surface area contributed by atoms with Crippen molar-refractivity contribution in [1.29, 1.82) is 0 Å². The number of nitrogens with one attached hydrogen (secondary N) is 1. The van der Waals surface area contributed by atoms with Crippen molar-refractivity contribution in [2.24, 2.45) is 0 Å². The molecule has 1 unspecified atom stereocenters. The number of fused-ring (bicyclic) bond motifs is 1. The lowest BCUT2D eigenvalue weighted by Crippen LogP contribution is -2.54. The average Bonchev–Trinajstić information content (AvgIpc) is 4.01. The number of amides is 3. The van der Waals surface area contributed by atoms with Gasteiger partial charge in [0.15, 0.2) is 35.4 Å². The molecule has 2 aromatic heterocycles. The number of likely N-dealkylation sites (tertiary alicyclic amines) is 1. The predicted octanol–water partition coefficient (Wildman–Crippen LogP) is 9.47. The van der Waals surface area contributed by atoms with Gasteiger partial charge in [0.1, 0.15) is 12.4 Å². The molecule has 11 rings (SSSR count). The van der Waals surface area contributed by atoms with Crippen molar-refractivity contribution in [3.63, 3.8) is 0 Å². The molecule has 2 N–H and O–H groups in total. The van der Waals surface area contributed by atoms with E-state index in [0.29, 0.717) is 19.4 Å². The Morgan fingerprint density at radius 2 is 1.06 bits per heavy atom. The van der Waals surface area contributed by atoms with Gasteiger partial charge in [0, 0.05) is 17.7 Å². The highest BCUT2D eigenvalue weighted by Crippen LogP contribution is 2.48. The second-order valence-electron chi connectivity index (χ2n) is 19.2. The highest BCUT2D eigenvalue weighted by atomic mass is 32.5. The average molecular weight is 1120 g/mol. The third kappa shape index (κ3) is 11.1.